The molecule has 1 amide bonds. The zero-order chi connectivity index (χ0) is 22.0. The second-order valence-corrected chi connectivity index (χ2v) is 6.62. The van der Waals surface area contributed by atoms with Crippen LogP contribution in [-0.2, 0) is 6.18 Å². The number of nitrogens with one attached hydrogen (secondary N) is 1. The molecule has 1 fully saturated rings. The van der Waals surface area contributed by atoms with Crippen molar-refractivity contribution in [1.29, 1.82) is 0 Å². The van der Waals surface area contributed by atoms with Crippen molar-refractivity contribution in [3.63, 3.8) is 0 Å². The fourth-order valence-electron chi connectivity index (χ4n) is 2.97. The number of alkyl halides is 3. The summed E-state index contributed by atoms with van der Waals surface area (Å²) >= 11 is 0. The number of hydrogen-bond donors (Lipinski definition) is 1. The zero-order valence-electron chi connectivity index (χ0n) is 15.7. The first-order valence-corrected chi connectivity index (χ1v) is 8.96. The molecule has 1 saturated heterocycles. The Kier molecular flexibility index (Phi) is 5.36. The summed E-state index contributed by atoms with van der Waals surface area (Å²) in [5.74, 6) is -1.48. The van der Waals surface area contributed by atoms with E-state index < -0.39 is 29.6 Å². The minimum atomic E-state index is -4.68. The van der Waals surface area contributed by atoms with Crippen LogP contribution < -0.4 is 15.0 Å². The van der Waals surface area contributed by atoms with Gasteiger partial charge in [-0.2, -0.15) is 13.2 Å². The molecule has 0 bridgehead atoms. The highest BCUT2D eigenvalue weighted by molar-refractivity contribution is 6.06. The predicted octanol–water partition coefficient (Wildman–Crippen LogP) is 2.94. The summed E-state index contributed by atoms with van der Waals surface area (Å²) in [6.45, 7) is 0.498. The van der Waals surface area contributed by atoms with Crippen molar-refractivity contribution in [2.75, 3.05) is 23.3 Å². The number of benzene rings is 1. The fourth-order valence-corrected chi connectivity index (χ4v) is 2.97. The first-order chi connectivity index (χ1) is 14.8. The molecular formula is C19H14F4N6O2. The van der Waals surface area contributed by atoms with Crippen LogP contribution in [0.2, 0.25) is 0 Å². The second-order valence-electron chi connectivity index (χ2n) is 6.62. The van der Waals surface area contributed by atoms with Crippen LogP contribution in [0.4, 0.5) is 29.1 Å². The Labute approximate surface area is 172 Å². The highest BCUT2D eigenvalue weighted by Crippen LogP contribution is 2.33. The number of ether oxygens (including phenoxy) is 1. The molecule has 12 heteroatoms. The Morgan fingerprint density at radius 1 is 1.13 bits per heavy atom. The van der Waals surface area contributed by atoms with E-state index in [1.807, 2.05) is 0 Å². The fraction of sp³-hybridized carbons (Fsp3) is 0.211. The van der Waals surface area contributed by atoms with Crippen LogP contribution in [0.25, 0.3) is 0 Å². The lowest BCUT2D eigenvalue weighted by atomic mass is 10.1. The molecule has 8 nitrogen and oxygen atoms in total. The van der Waals surface area contributed by atoms with Gasteiger partial charge in [0.15, 0.2) is 5.69 Å². The highest BCUT2D eigenvalue weighted by Gasteiger charge is 2.34. The molecule has 3 heterocycles. The minimum Gasteiger partial charge on any atom is -0.487 e. The Morgan fingerprint density at radius 3 is 2.61 bits per heavy atom. The average molecular weight is 434 g/mol. The third-order valence-electron chi connectivity index (χ3n) is 4.42. The molecular weight excluding hydrogens is 420 g/mol. The minimum absolute atomic E-state index is 0.0946. The van der Waals surface area contributed by atoms with E-state index in [4.69, 9.17) is 4.74 Å². The highest BCUT2D eigenvalue weighted by atomic mass is 19.4. The van der Waals surface area contributed by atoms with Crippen molar-refractivity contribution in [3.05, 3.63) is 66.4 Å². The Balaban J connectivity index is 1.43. The number of nitrogens with zero attached hydrogens (tertiary/aromatic N) is 5. The van der Waals surface area contributed by atoms with E-state index >= 15 is 0 Å². The molecule has 160 valence electrons. The van der Waals surface area contributed by atoms with Crippen molar-refractivity contribution >= 4 is 17.4 Å². The van der Waals surface area contributed by atoms with Crippen LogP contribution in [0, 0.1) is 5.82 Å². The van der Waals surface area contributed by atoms with Gasteiger partial charge in [0, 0.05) is 12.3 Å². The molecule has 0 unspecified atom stereocenters. The molecule has 1 aromatic carbocycles. The number of halogens is 4. The summed E-state index contributed by atoms with van der Waals surface area (Å²) in [5, 5.41) is 2.59. The third-order valence-corrected chi connectivity index (χ3v) is 4.42. The molecule has 2 aromatic heterocycles. The van der Waals surface area contributed by atoms with E-state index in [1.54, 1.807) is 4.90 Å². The molecule has 1 N–H and O–H groups in total. The van der Waals surface area contributed by atoms with Gasteiger partial charge in [0.05, 0.1) is 30.5 Å². The number of carbonyl (C=O) groups is 1. The van der Waals surface area contributed by atoms with Crippen molar-refractivity contribution in [1.82, 2.24) is 19.9 Å². The number of hydrogen-bond acceptors (Lipinski definition) is 7. The first kappa shape index (κ1) is 20.4. The monoisotopic (exact) mass is 434 g/mol. The summed E-state index contributed by atoms with van der Waals surface area (Å²) in [5.41, 5.74) is -0.611. The second kappa shape index (κ2) is 8.13. The predicted molar refractivity (Wildman–Crippen MR) is 100 cm³/mol. The van der Waals surface area contributed by atoms with Gasteiger partial charge in [-0.15, -0.1) is 0 Å². The molecule has 0 radical (unpaired) electrons. The van der Waals surface area contributed by atoms with Crippen molar-refractivity contribution in [3.8, 4) is 5.75 Å². The normalized spacial score (nSPS) is 14.1. The first-order valence-electron chi connectivity index (χ1n) is 8.96. The third kappa shape index (κ3) is 4.68. The lowest BCUT2D eigenvalue weighted by Gasteiger charge is -2.40. The van der Waals surface area contributed by atoms with Gasteiger partial charge in [-0.1, -0.05) is 0 Å². The lowest BCUT2D eigenvalue weighted by molar-refractivity contribution is -0.137. The summed E-state index contributed by atoms with van der Waals surface area (Å²) in [6, 6.07) is 3.56. The molecule has 3 aromatic rings. The van der Waals surface area contributed by atoms with E-state index in [0.29, 0.717) is 17.6 Å². The summed E-state index contributed by atoms with van der Waals surface area (Å²) in [4.78, 5) is 29.9. The molecule has 0 saturated carbocycles. The number of amides is 1. The largest absolute Gasteiger partial charge is 0.487 e. The quantitative estimate of drug-likeness (QED) is 0.617. The molecule has 0 spiro atoms. The van der Waals surface area contributed by atoms with E-state index in [1.165, 1.54) is 31.1 Å². The van der Waals surface area contributed by atoms with Gasteiger partial charge >= 0.3 is 6.18 Å². The van der Waals surface area contributed by atoms with Crippen LogP contribution in [0.3, 0.4) is 0 Å². The number of anilines is 2. The van der Waals surface area contributed by atoms with Gasteiger partial charge in [-0.05, 0) is 18.2 Å². The average Bonchev–Trinajstić information content (AvgIpc) is 2.70. The van der Waals surface area contributed by atoms with Crippen LogP contribution in [0.15, 0.2) is 49.3 Å². The van der Waals surface area contributed by atoms with Crippen LogP contribution in [-0.4, -0.2) is 45.0 Å². The Hall–Kier alpha value is -3.83. The van der Waals surface area contributed by atoms with Gasteiger partial charge < -0.3 is 15.0 Å². The maximum atomic E-state index is 13.5. The van der Waals surface area contributed by atoms with Gasteiger partial charge in [-0.3, -0.25) is 4.79 Å². The maximum absolute atomic E-state index is 13.5. The van der Waals surface area contributed by atoms with E-state index in [0.717, 1.165) is 12.1 Å². The Morgan fingerprint density at radius 2 is 1.90 bits per heavy atom. The van der Waals surface area contributed by atoms with Crippen LogP contribution in [0.5, 0.6) is 5.75 Å². The molecule has 1 aliphatic rings. The van der Waals surface area contributed by atoms with Gasteiger partial charge in [0.1, 0.15) is 36.1 Å². The summed E-state index contributed by atoms with van der Waals surface area (Å²) in [6.07, 6.45) is 0.238. The van der Waals surface area contributed by atoms with Gasteiger partial charge in [0.25, 0.3) is 5.91 Å². The molecule has 31 heavy (non-hydrogen) atoms. The van der Waals surface area contributed by atoms with Crippen molar-refractivity contribution in [2.45, 2.75) is 12.3 Å². The smallest absolute Gasteiger partial charge is 0.416 e. The molecule has 0 atom stereocenters. The Bertz CT molecular complexity index is 1090. The van der Waals surface area contributed by atoms with E-state index in [9.17, 15) is 22.4 Å². The topological polar surface area (TPSA) is 93.1 Å². The standard InChI is InChI=1S/C19H14F4N6O2/c20-12-3-11(19(21,22)23)4-13(5-12)31-14-7-29(8-14)15-6-25-10-27-17(15)18(30)28-16-1-2-24-9-26-16/h1-6,9-10,14H,7-8H2,(H,24,26,28,30). The summed E-state index contributed by atoms with van der Waals surface area (Å²) < 4.78 is 57.6. The molecule has 0 aliphatic carbocycles. The maximum Gasteiger partial charge on any atom is 0.416 e. The van der Waals surface area contributed by atoms with Crippen LogP contribution >= 0.6 is 0 Å². The molecule has 1 aliphatic heterocycles. The number of rotatable bonds is 5. The SMILES string of the molecule is O=C(Nc1ccncn1)c1ncncc1N1CC(Oc2cc(F)cc(C(F)(F)F)c2)C1. The molecule has 4 rings (SSSR count). The van der Waals surface area contributed by atoms with Gasteiger partial charge in [-0.25, -0.2) is 24.3 Å². The van der Waals surface area contributed by atoms with Crippen molar-refractivity contribution < 1.29 is 27.1 Å². The van der Waals surface area contributed by atoms with E-state index in [-0.39, 0.29) is 24.5 Å². The lowest BCUT2D eigenvalue weighted by Crippen LogP contribution is -2.54. The summed E-state index contributed by atoms with van der Waals surface area (Å²) in [7, 11) is 0. The van der Waals surface area contributed by atoms with Crippen molar-refractivity contribution in [2.24, 2.45) is 0 Å². The van der Waals surface area contributed by atoms with Gasteiger partial charge in [0.2, 0.25) is 0 Å². The number of aromatic nitrogens is 4. The zero-order valence-corrected chi connectivity index (χ0v) is 15.7. The van der Waals surface area contributed by atoms with E-state index in [2.05, 4.69) is 25.3 Å². The number of carbonyl (C=O) groups excluding carboxylic acids is 1. The van der Waals surface area contributed by atoms with Crippen LogP contribution in [0.1, 0.15) is 16.1 Å².